The largest absolute Gasteiger partial charge is 0.495 e. The van der Waals surface area contributed by atoms with E-state index in [-0.39, 0.29) is 35.8 Å². The van der Waals surface area contributed by atoms with E-state index in [1.807, 2.05) is 29.2 Å². The maximum Gasteiger partial charge on any atom is 0.262 e. The number of sulfonamides is 1. The first-order valence-corrected chi connectivity index (χ1v) is 14.0. The number of fused-ring (bicyclic) bond motifs is 1. The van der Waals surface area contributed by atoms with Crippen molar-refractivity contribution in [3.8, 4) is 11.5 Å². The zero-order valence-electron chi connectivity index (χ0n) is 21.1. The number of piperidine rings is 1. The summed E-state index contributed by atoms with van der Waals surface area (Å²) in [7, 11) is -2.19. The van der Waals surface area contributed by atoms with E-state index < -0.39 is 10.0 Å². The van der Waals surface area contributed by atoms with Crippen molar-refractivity contribution in [1.29, 1.82) is 0 Å². The first-order chi connectivity index (χ1) is 17.8. The van der Waals surface area contributed by atoms with E-state index in [1.165, 1.54) is 10.4 Å². The number of nitrogens with one attached hydrogen (secondary N) is 1. The SMILES string of the molecule is COc1ccccc1N1CCN(C(=O)C2CCCN(S(=O)(=O)c3cc4c(cc3C)NC(=O)CO4)C2)CC1. The number of amides is 2. The molecule has 37 heavy (non-hydrogen) atoms. The molecule has 10 nitrogen and oxygen atoms in total. The molecule has 1 N–H and O–H groups in total. The summed E-state index contributed by atoms with van der Waals surface area (Å²) in [6.07, 6.45) is 1.28. The van der Waals surface area contributed by atoms with Crippen molar-refractivity contribution in [2.45, 2.75) is 24.7 Å². The van der Waals surface area contributed by atoms with Gasteiger partial charge < -0.3 is 24.6 Å². The van der Waals surface area contributed by atoms with Crippen LogP contribution in [0.25, 0.3) is 0 Å². The lowest BCUT2D eigenvalue weighted by Crippen LogP contribution is -2.53. The van der Waals surface area contributed by atoms with Crippen molar-refractivity contribution >= 4 is 33.2 Å². The third-order valence-corrected chi connectivity index (χ3v) is 9.29. The zero-order chi connectivity index (χ0) is 26.2. The molecule has 0 spiro atoms. The number of rotatable bonds is 5. The number of carbonyl (C=O) groups is 2. The maximum absolute atomic E-state index is 13.6. The van der Waals surface area contributed by atoms with Crippen LogP contribution in [0.1, 0.15) is 18.4 Å². The van der Waals surface area contributed by atoms with Crippen molar-refractivity contribution in [2.24, 2.45) is 5.92 Å². The third-order valence-electron chi connectivity index (χ3n) is 7.28. The Hall–Kier alpha value is -3.31. The van der Waals surface area contributed by atoms with Crippen LogP contribution in [0.5, 0.6) is 11.5 Å². The van der Waals surface area contributed by atoms with E-state index in [0.717, 1.165) is 11.4 Å². The van der Waals surface area contributed by atoms with Crippen LogP contribution in [0, 0.1) is 12.8 Å². The number of piperazine rings is 1. The molecule has 3 aliphatic rings. The number of benzene rings is 2. The molecule has 3 heterocycles. The Balaban J connectivity index is 1.26. The minimum Gasteiger partial charge on any atom is -0.495 e. The predicted molar refractivity (Wildman–Crippen MR) is 139 cm³/mol. The number of hydrogen-bond donors (Lipinski definition) is 1. The highest BCUT2D eigenvalue weighted by molar-refractivity contribution is 7.89. The topological polar surface area (TPSA) is 108 Å². The first kappa shape index (κ1) is 25.3. The molecule has 0 bridgehead atoms. The number of para-hydroxylation sites is 2. The lowest BCUT2D eigenvalue weighted by atomic mass is 9.97. The van der Waals surface area contributed by atoms with Gasteiger partial charge in [0, 0.05) is 45.3 Å². The summed E-state index contributed by atoms with van der Waals surface area (Å²) in [4.78, 5) is 29.2. The number of anilines is 2. The van der Waals surface area contributed by atoms with Crippen molar-refractivity contribution in [2.75, 3.05) is 63.2 Å². The number of aryl methyl sites for hydroxylation is 1. The Labute approximate surface area is 217 Å². The van der Waals surface area contributed by atoms with Gasteiger partial charge in [-0.1, -0.05) is 12.1 Å². The maximum atomic E-state index is 13.6. The van der Waals surface area contributed by atoms with Crippen LogP contribution in [0.15, 0.2) is 41.3 Å². The second-order valence-electron chi connectivity index (χ2n) is 9.64. The molecule has 2 aromatic carbocycles. The molecule has 0 radical (unpaired) electrons. The zero-order valence-corrected chi connectivity index (χ0v) is 21.9. The summed E-state index contributed by atoms with van der Waals surface area (Å²) >= 11 is 0. The molecule has 3 aliphatic heterocycles. The van der Waals surface area contributed by atoms with E-state index in [4.69, 9.17) is 9.47 Å². The summed E-state index contributed by atoms with van der Waals surface area (Å²) in [5.41, 5.74) is 1.99. The normalized spacial score (nSPS) is 20.6. The van der Waals surface area contributed by atoms with Crippen LogP contribution in [0.4, 0.5) is 11.4 Å². The van der Waals surface area contributed by atoms with Crippen molar-refractivity contribution in [3.05, 3.63) is 42.0 Å². The van der Waals surface area contributed by atoms with Crippen molar-refractivity contribution in [1.82, 2.24) is 9.21 Å². The second kappa shape index (κ2) is 10.2. The number of ether oxygens (including phenoxy) is 2. The highest BCUT2D eigenvalue weighted by Crippen LogP contribution is 2.35. The Morgan fingerprint density at radius 1 is 1.11 bits per heavy atom. The average molecular weight is 529 g/mol. The molecule has 0 saturated carbocycles. The molecule has 5 rings (SSSR count). The van der Waals surface area contributed by atoms with E-state index in [1.54, 1.807) is 20.1 Å². The van der Waals surface area contributed by atoms with Crippen LogP contribution in [-0.2, 0) is 19.6 Å². The minimum atomic E-state index is -3.84. The number of nitrogens with zero attached hydrogens (tertiary/aromatic N) is 3. The Kier molecular flexibility index (Phi) is 7.00. The lowest BCUT2D eigenvalue weighted by Gasteiger charge is -2.39. The number of carbonyl (C=O) groups excluding carboxylic acids is 2. The molecule has 0 aliphatic carbocycles. The Bertz CT molecular complexity index is 1310. The smallest absolute Gasteiger partial charge is 0.262 e. The fourth-order valence-corrected chi connectivity index (χ4v) is 7.06. The van der Waals surface area contributed by atoms with Gasteiger partial charge >= 0.3 is 0 Å². The molecule has 1 unspecified atom stereocenters. The summed E-state index contributed by atoms with van der Waals surface area (Å²) in [6.45, 7) is 4.59. The van der Waals surface area contributed by atoms with Gasteiger partial charge in [-0.15, -0.1) is 0 Å². The van der Waals surface area contributed by atoms with Crippen LogP contribution < -0.4 is 19.7 Å². The van der Waals surface area contributed by atoms with Gasteiger partial charge in [-0.05, 0) is 43.5 Å². The Morgan fingerprint density at radius 3 is 2.62 bits per heavy atom. The fourth-order valence-electron chi connectivity index (χ4n) is 5.31. The quantitative estimate of drug-likeness (QED) is 0.633. The van der Waals surface area contributed by atoms with Gasteiger partial charge in [0.1, 0.15) is 11.5 Å². The van der Waals surface area contributed by atoms with Gasteiger partial charge in [0.15, 0.2) is 6.61 Å². The molecule has 2 amide bonds. The minimum absolute atomic E-state index is 0.00721. The van der Waals surface area contributed by atoms with Crippen molar-refractivity contribution < 1.29 is 27.5 Å². The van der Waals surface area contributed by atoms with E-state index >= 15 is 0 Å². The van der Waals surface area contributed by atoms with Crippen molar-refractivity contribution in [3.63, 3.8) is 0 Å². The number of hydrogen-bond acceptors (Lipinski definition) is 7. The van der Waals surface area contributed by atoms with E-state index in [2.05, 4.69) is 10.2 Å². The predicted octanol–water partition coefficient (Wildman–Crippen LogP) is 2.08. The molecular weight excluding hydrogens is 496 g/mol. The molecule has 0 aromatic heterocycles. The molecule has 2 aromatic rings. The van der Waals surface area contributed by atoms with E-state index in [0.29, 0.717) is 62.6 Å². The van der Waals surface area contributed by atoms with Gasteiger partial charge in [0.05, 0.1) is 29.3 Å². The highest BCUT2D eigenvalue weighted by atomic mass is 32.2. The van der Waals surface area contributed by atoms with Crippen LogP contribution in [0.2, 0.25) is 0 Å². The van der Waals surface area contributed by atoms with Gasteiger partial charge in [0.2, 0.25) is 15.9 Å². The molecule has 1 atom stereocenters. The third kappa shape index (κ3) is 4.97. The molecule has 198 valence electrons. The van der Waals surface area contributed by atoms with Gasteiger partial charge in [-0.3, -0.25) is 9.59 Å². The summed E-state index contributed by atoms with van der Waals surface area (Å²) in [5, 5.41) is 2.70. The summed E-state index contributed by atoms with van der Waals surface area (Å²) in [6, 6.07) is 10.9. The highest BCUT2D eigenvalue weighted by Gasteiger charge is 2.37. The lowest BCUT2D eigenvalue weighted by molar-refractivity contribution is -0.137. The van der Waals surface area contributed by atoms with Crippen LogP contribution in [-0.4, -0.2) is 82.4 Å². The van der Waals surface area contributed by atoms with Crippen LogP contribution >= 0.6 is 0 Å². The second-order valence-corrected chi connectivity index (χ2v) is 11.5. The van der Waals surface area contributed by atoms with Crippen LogP contribution in [0.3, 0.4) is 0 Å². The fraction of sp³-hybridized carbons (Fsp3) is 0.462. The van der Waals surface area contributed by atoms with Gasteiger partial charge in [-0.25, -0.2) is 8.42 Å². The first-order valence-electron chi connectivity index (χ1n) is 12.5. The summed E-state index contributed by atoms with van der Waals surface area (Å²) < 4.78 is 39.5. The summed E-state index contributed by atoms with van der Waals surface area (Å²) in [5.74, 6) is 0.494. The molecule has 2 fully saturated rings. The number of methoxy groups -OCH3 is 1. The monoisotopic (exact) mass is 528 g/mol. The molecule has 11 heteroatoms. The van der Waals surface area contributed by atoms with Gasteiger partial charge in [-0.2, -0.15) is 4.31 Å². The van der Waals surface area contributed by atoms with Gasteiger partial charge in [0.25, 0.3) is 5.91 Å². The molecular formula is C26H32N4O6S. The Morgan fingerprint density at radius 2 is 1.86 bits per heavy atom. The standard InChI is InChI=1S/C26H32N4O6S/c1-18-14-20-23(36-17-25(31)27-20)15-24(18)37(33,34)30-9-5-6-19(16-30)26(32)29-12-10-28(11-13-29)21-7-3-4-8-22(21)35-2/h3-4,7-8,14-15,19H,5-6,9-13,16-17H2,1-2H3,(H,27,31). The van der Waals surface area contributed by atoms with E-state index in [9.17, 15) is 18.0 Å². The average Bonchev–Trinajstić information content (AvgIpc) is 2.92. The molecule has 2 saturated heterocycles.